The molecular weight excluding hydrogens is 196 g/mol. The van der Waals surface area contributed by atoms with E-state index in [1.807, 2.05) is 22.9 Å². The molecule has 2 nitrogen and oxygen atoms in total. The molecule has 0 radical (unpaired) electrons. The smallest absolute Gasteiger partial charge is 0.0648 e. The highest BCUT2D eigenvalue weighted by Crippen LogP contribution is 2.13. The fourth-order valence-electron chi connectivity index (χ4n) is 1.89. The van der Waals surface area contributed by atoms with Crippen LogP contribution in [0, 0.1) is 12.8 Å². The molecule has 1 aromatic carbocycles. The number of hydrogen-bond acceptors (Lipinski definition) is 1. The van der Waals surface area contributed by atoms with E-state index < -0.39 is 0 Å². The van der Waals surface area contributed by atoms with E-state index in [1.54, 1.807) is 0 Å². The van der Waals surface area contributed by atoms with E-state index in [4.69, 9.17) is 0 Å². The Kier molecular flexibility index (Phi) is 3.09. The molecule has 0 N–H and O–H groups in total. The lowest BCUT2D eigenvalue weighted by molar-refractivity contribution is 0.628. The normalized spacial score (nSPS) is 11.0. The number of aryl methyl sites for hydroxylation is 1. The molecule has 0 fully saturated rings. The second kappa shape index (κ2) is 4.52. The third-order valence-corrected chi connectivity index (χ3v) is 2.56. The van der Waals surface area contributed by atoms with Crippen molar-refractivity contribution < 1.29 is 0 Å². The monoisotopic (exact) mass is 214 g/mol. The summed E-state index contributed by atoms with van der Waals surface area (Å²) in [5.41, 5.74) is 3.51. The lowest BCUT2D eigenvalue weighted by Gasteiger charge is -2.03. The van der Waals surface area contributed by atoms with E-state index >= 15 is 0 Å². The topological polar surface area (TPSA) is 17.8 Å². The number of benzene rings is 1. The van der Waals surface area contributed by atoms with Crippen LogP contribution in [0.3, 0.4) is 0 Å². The molecule has 0 aliphatic carbocycles. The van der Waals surface area contributed by atoms with Gasteiger partial charge in [-0.15, -0.1) is 0 Å². The summed E-state index contributed by atoms with van der Waals surface area (Å²) in [6, 6.07) is 12.4. The van der Waals surface area contributed by atoms with Crippen molar-refractivity contribution in [3.05, 3.63) is 47.8 Å². The quantitative estimate of drug-likeness (QED) is 0.766. The first-order valence-corrected chi connectivity index (χ1v) is 5.78. The summed E-state index contributed by atoms with van der Waals surface area (Å²) in [4.78, 5) is 0. The van der Waals surface area contributed by atoms with Gasteiger partial charge in [-0.05, 0) is 37.5 Å². The Morgan fingerprint density at radius 2 is 1.88 bits per heavy atom. The van der Waals surface area contributed by atoms with E-state index in [9.17, 15) is 0 Å². The molecule has 0 bridgehead atoms. The second-order valence-electron chi connectivity index (χ2n) is 4.62. The van der Waals surface area contributed by atoms with Crippen molar-refractivity contribution >= 4 is 0 Å². The number of para-hydroxylation sites is 1. The number of rotatable bonds is 3. The number of nitrogens with zero attached hydrogens (tertiary/aromatic N) is 2. The largest absolute Gasteiger partial charge is 0.238 e. The predicted molar refractivity (Wildman–Crippen MR) is 66.8 cm³/mol. The molecule has 16 heavy (non-hydrogen) atoms. The molecule has 0 aliphatic rings. The summed E-state index contributed by atoms with van der Waals surface area (Å²) in [5, 5.41) is 4.64. The summed E-state index contributed by atoms with van der Waals surface area (Å²) < 4.78 is 2.01. The summed E-state index contributed by atoms with van der Waals surface area (Å²) >= 11 is 0. The Morgan fingerprint density at radius 3 is 2.50 bits per heavy atom. The number of hydrogen-bond donors (Lipinski definition) is 0. The van der Waals surface area contributed by atoms with E-state index in [0.717, 1.165) is 12.1 Å². The molecule has 0 saturated heterocycles. The molecule has 0 amide bonds. The maximum Gasteiger partial charge on any atom is 0.0648 e. The Bertz CT molecular complexity index is 455. The molecule has 0 atom stereocenters. The molecule has 84 valence electrons. The molecule has 0 unspecified atom stereocenters. The van der Waals surface area contributed by atoms with Crippen molar-refractivity contribution in [2.45, 2.75) is 27.2 Å². The molecule has 0 saturated carbocycles. The zero-order chi connectivity index (χ0) is 11.5. The molecule has 2 aromatic rings. The summed E-state index contributed by atoms with van der Waals surface area (Å²) in [5.74, 6) is 0.651. The van der Waals surface area contributed by atoms with Crippen LogP contribution >= 0.6 is 0 Å². The first-order chi connectivity index (χ1) is 7.66. The van der Waals surface area contributed by atoms with Gasteiger partial charge < -0.3 is 0 Å². The van der Waals surface area contributed by atoms with Crippen LogP contribution in [0.2, 0.25) is 0 Å². The van der Waals surface area contributed by atoms with Crippen LogP contribution in [-0.4, -0.2) is 9.78 Å². The lowest BCUT2D eigenvalue weighted by atomic mass is 10.1. The zero-order valence-electron chi connectivity index (χ0n) is 10.1. The van der Waals surface area contributed by atoms with Crippen molar-refractivity contribution in [1.29, 1.82) is 0 Å². The lowest BCUT2D eigenvalue weighted by Crippen LogP contribution is -2.00. The van der Waals surface area contributed by atoms with Crippen LogP contribution in [-0.2, 0) is 6.42 Å². The fraction of sp³-hybridized carbons (Fsp3) is 0.357. The number of aromatic nitrogens is 2. The third-order valence-electron chi connectivity index (χ3n) is 2.56. The SMILES string of the molecule is Cc1cc(CC(C)C)nn1-c1ccccc1. The molecule has 0 aliphatic heterocycles. The van der Waals surface area contributed by atoms with Gasteiger partial charge in [0.1, 0.15) is 0 Å². The van der Waals surface area contributed by atoms with Crippen molar-refractivity contribution in [2.24, 2.45) is 5.92 Å². The second-order valence-corrected chi connectivity index (χ2v) is 4.62. The summed E-state index contributed by atoms with van der Waals surface area (Å²) in [7, 11) is 0. The first-order valence-electron chi connectivity index (χ1n) is 5.78. The van der Waals surface area contributed by atoms with Gasteiger partial charge in [-0.1, -0.05) is 32.0 Å². The zero-order valence-corrected chi connectivity index (χ0v) is 10.1. The molecular formula is C14H18N2. The minimum Gasteiger partial charge on any atom is -0.238 e. The average Bonchev–Trinajstić information content (AvgIpc) is 2.60. The van der Waals surface area contributed by atoms with E-state index in [0.29, 0.717) is 5.92 Å². The summed E-state index contributed by atoms with van der Waals surface area (Å²) in [6.45, 7) is 6.54. The van der Waals surface area contributed by atoms with Gasteiger partial charge in [0.05, 0.1) is 11.4 Å². The Labute approximate surface area is 96.9 Å². The van der Waals surface area contributed by atoms with Gasteiger partial charge in [0.2, 0.25) is 0 Å². The van der Waals surface area contributed by atoms with Gasteiger partial charge in [0.25, 0.3) is 0 Å². The van der Waals surface area contributed by atoms with Crippen molar-refractivity contribution in [3.8, 4) is 5.69 Å². The Morgan fingerprint density at radius 1 is 1.19 bits per heavy atom. The molecule has 0 spiro atoms. The van der Waals surface area contributed by atoms with Crippen molar-refractivity contribution in [1.82, 2.24) is 9.78 Å². The summed E-state index contributed by atoms with van der Waals surface area (Å²) in [6.07, 6.45) is 1.04. The highest BCUT2D eigenvalue weighted by molar-refractivity contribution is 5.33. The van der Waals surface area contributed by atoms with Gasteiger partial charge in [0, 0.05) is 5.69 Å². The Balaban J connectivity index is 2.32. The van der Waals surface area contributed by atoms with Crippen LogP contribution in [0.1, 0.15) is 25.2 Å². The van der Waals surface area contributed by atoms with Gasteiger partial charge >= 0.3 is 0 Å². The van der Waals surface area contributed by atoms with Gasteiger partial charge in [-0.2, -0.15) is 5.10 Å². The molecule has 2 heteroatoms. The highest BCUT2D eigenvalue weighted by atomic mass is 15.3. The van der Waals surface area contributed by atoms with Crippen LogP contribution in [0.5, 0.6) is 0 Å². The molecule has 1 heterocycles. The van der Waals surface area contributed by atoms with Crippen molar-refractivity contribution in [2.75, 3.05) is 0 Å². The van der Waals surface area contributed by atoms with E-state index in [-0.39, 0.29) is 0 Å². The van der Waals surface area contributed by atoms with Crippen molar-refractivity contribution in [3.63, 3.8) is 0 Å². The minimum atomic E-state index is 0.651. The predicted octanol–water partition coefficient (Wildman–Crippen LogP) is 3.38. The van der Waals surface area contributed by atoms with Crippen LogP contribution in [0.25, 0.3) is 5.69 Å². The minimum absolute atomic E-state index is 0.651. The molecule has 2 rings (SSSR count). The van der Waals surface area contributed by atoms with Crippen LogP contribution in [0.15, 0.2) is 36.4 Å². The third kappa shape index (κ3) is 2.32. The van der Waals surface area contributed by atoms with Crippen LogP contribution in [0.4, 0.5) is 0 Å². The molecule has 1 aromatic heterocycles. The standard InChI is InChI=1S/C14H18N2/c1-11(2)9-13-10-12(3)16(15-13)14-7-5-4-6-8-14/h4-8,10-11H,9H2,1-3H3. The first kappa shape index (κ1) is 10.9. The van der Waals surface area contributed by atoms with Gasteiger partial charge in [-0.25, -0.2) is 4.68 Å². The highest BCUT2D eigenvalue weighted by Gasteiger charge is 2.06. The average molecular weight is 214 g/mol. The van der Waals surface area contributed by atoms with E-state index in [2.05, 4.69) is 44.1 Å². The van der Waals surface area contributed by atoms with E-state index in [1.165, 1.54) is 11.4 Å². The Hall–Kier alpha value is -1.57. The van der Waals surface area contributed by atoms with Gasteiger partial charge in [-0.3, -0.25) is 0 Å². The fourth-order valence-corrected chi connectivity index (χ4v) is 1.89. The van der Waals surface area contributed by atoms with Gasteiger partial charge in [0.15, 0.2) is 0 Å². The maximum atomic E-state index is 4.64. The maximum absolute atomic E-state index is 4.64. The van der Waals surface area contributed by atoms with Crippen LogP contribution < -0.4 is 0 Å².